The highest BCUT2D eigenvalue weighted by Crippen LogP contribution is 2.28. The standard InChI is InChI=1S/C20H18BrN5O/c1-13-6-3-4-7-15(13)18-11-22-20(27-18)17-9-5-8-16(24-17)19-25-23-12-26(19)14(2)10-21/h3-9,11-12,14H,10H2,1-2H3/t14-/m1/s1. The fraction of sp³-hybridized carbons (Fsp3) is 0.200. The number of oxazole rings is 1. The molecule has 0 spiro atoms. The molecule has 0 bridgehead atoms. The number of pyridine rings is 1. The van der Waals surface area contributed by atoms with Crippen molar-refractivity contribution in [1.29, 1.82) is 0 Å². The average molecular weight is 424 g/mol. The predicted octanol–water partition coefficient (Wildman–Crippen LogP) is 4.93. The molecule has 27 heavy (non-hydrogen) atoms. The van der Waals surface area contributed by atoms with Crippen LogP contribution in [-0.2, 0) is 0 Å². The topological polar surface area (TPSA) is 69.6 Å². The Kier molecular flexibility index (Phi) is 4.85. The number of benzene rings is 1. The molecule has 0 saturated carbocycles. The first kappa shape index (κ1) is 17.6. The van der Waals surface area contributed by atoms with E-state index in [9.17, 15) is 0 Å². The van der Waals surface area contributed by atoms with E-state index in [2.05, 4.69) is 38.0 Å². The second kappa shape index (κ2) is 7.44. The molecule has 3 aromatic heterocycles. The van der Waals surface area contributed by atoms with Gasteiger partial charge in [0.2, 0.25) is 5.89 Å². The minimum Gasteiger partial charge on any atom is -0.435 e. The zero-order valence-electron chi connectivity index (χ0n) is 15.0. The summed E-state index contributed by atoms with van der Waals surface area (Å²) in [5.41, 5.74) is 3.55. The lowest BCUT2D eigenvalue weighted by Gasteiger charge is -2.12. The van der Waals surface area contributed by atoms with E-state index in [-0.39, 0.29) is 6.04 Å². The molecule has 0 unspecified atom stereocenters. The number of hydrogen-bond donors (Lipinski definition) is 0. The van der Waals surface area contributed by atoms with Crippen molar-refractivity contribution in [2.45, 2.75) is 19.9 Å². The molecule has 0 fully saturated rings. The minimum atomic E-state index is 0.217. The highest BCUT2D eigenvalue weighted by atomic mass is 79.9. The Labute approximate surface area is 165 Å². The minimum absolute atomic E-state index is 0.217. The molecule has 4 rings (SSSR count). The third kappa shape index (κ3) is 3.42. The maximum atomic E-state index is 5.98. The first-order valence-corrected chi connectivity index (χ1v) is 9.74. The number of hydrogen-bond acceptors (Lipinski definition) is 5. The molecule has 7 heteroatoms. The Balaban J connectivity index is 1.70. The van der Waals surface area contributed by atoms with Gasteiger partial charge < -0.3 is 8.98 Å². The molecule has 6 nitrogen and oxygen atoms in total. The third-order valence-electron chi connectivity index (χ3n) is 4.38. The largest absolute Gasteiger partial charge is 0.435 e. The molecular weight excluding hydrogens is 406 g/mol. The van der Waals surface area contributed by atoms with E-state index in [1.165, 1.54) is 0 Å². The summed E-state index contributed by atoms with van der Waals surface area (Å²) in [5.74, 6) is 1.93. The molecule has 136 valence electrons. The summed E-state index contributed by atoms with van der Waals surface area (Å²) in [4.78, 5) is 9.12. The van der Waals surface area contributed by atoms with E-state index < -0.39 is 0 Å². The monoisotopic (exact) mass is 423 g/mol. The van der Waals surface area contributed by atoms with Crippen molar-refractivity contribution < 1.29 is 4.42 Å². The fourth-order valence-corrected chi connectivity index (χ4v) is 3.18. The highest BCUT2D eigenvalue weighted by Gasteiger charge is 2.16. The van der Waals surface area contributed by atoms with Gasteiger partial charge in [0, 0.05) is 16.9 Å². The smallest absolute Gasteiger partial charge is 0.245 e. The van der Waals surface area contributed by atoms with Gasteiger partial charge in [-0.15, -0.1) is 10.2 Å². The average Bonchev–Trinajstić information content (AvgIpc) is 3.38. The van der Waals surface area contributed by atoms with Crippen LogP contribution in [0.4, 0.5) is 0 Å². The number of alkyl halides is 1. The molecule has 4 aromatic rings. The summed E-state index contributed by atoms with van der Waals surface area (Å²) in [5, 5.41) is 9.07. The molecule has 0 amide bonds. The molecule has 3 heterocycles. The van der Waals surface area contributed by atoms with Gasteiger partial charge >= 0.3 is 0 Å². The summed E-state index contributed by atoms with van der Waals surface area (Å²) in [7, 11) is 0. The van der Waals surface area contributed by atoms with Crippen LogP contribution in [0.25, 0.3) is 34.4 Å². The molecular formula is C20H18BrN5O. The summed E-state index contributed by atoms with van der Waals surface area (Å²) in [6.45, 7) is 4.14. The number of rotatable bonds is 5. The first-order chi connectivity index (χ1) is 13.2. The maximum Gasteiger partial charge on any atom is 0.245 e. The van der Waals surface area contributed by atoms with Crippen molar-refractivity contribution in [3.63, 3.8) is 0 Å². The quantitative estimate of drug-likeness (QED) is 0.425. The summed E-state index contributed by atoms with van der Waals surface area (Å²) < 4.78 is 7.98. The zero-order valence-corrected chi connectivity index (χ0v) is 16.6. The van der Waals surface area contributed by atoms with E-state index in [4.69, 9.17) is 9.40 Å². The van der Waals surface area contributed by atoms with Crippen LogP contribution < -0.4 is 0 Å². The maximum absolute atomic E-state index is 5.98. The number of halogens is 1. The molecule has 0 aliphatic carbocycles. The van der Waals surface area contributed by atoms with Crippen LogP contribution >= 0.6 is 15.9 Å². The van der Waals surface area contributed by atoms with E-state index in [0.717, 1.165) is 33.7 Å². The molecule has 0 aliphatic heterocycles. The summed E-state index contributed by atoms with van der Waals surface area (Å²) >= 11 is 3.50. The van der Waals surface area contributed by atoms with Gasteiger partial charge in [-0.05, 0) is 31.5 Å². The molecule has 0 saturated heterocycles. The van der Waals surface area contributed by atoms with Crippen LogP contribution in [0.5, 0.6) is 0 Å². The van der Waals surface area contributed by atoms with E-state index in [0.29, 0.717) is 11.6 Å². The predicted molar refractivity (Wildman–Crippen MR) is 107 cm³/mol. The van der Waals surface area contributed by atoms with Crippen LogP contribution in [0.15, 0.2) is 59.4 Å². The van der Waals surface area contributed by atoms with Crippen LogP contribution in [0.3, 0.4) is 0 Å². The first-order valence-electron chi connectivity index (χ1n) is 8.62. The van der Waals surface area contributed by atoms with Crippen LogP contribution in [0.1, 0.15) is 18.5 Å². The van der Waals surface area contributed by atoms with Gasteiger partial charge in [0.15, 0.2) is 11.6 Å². The van der Waals surface area contributed by atoms with Crippen molar-refractivity contribution in [3.8, 4) is 34.4 Å². The number of nitrogens with zero attached hydrogens (tertiary/aromatic N) is 5. The van der Waals surface area contributed by atoms with Gasteiger partial charge in [0.1, 0.15) is 17.7 Å². The Hall–Kier alpha value is -2.80. The van der Waals surface area contributed by atoms with Gasteiger partial charge in [-0.1, -0.05) is 46.3 Å². The SMILES string of the molecule is Cc1ccccc1-c1cnc(-c2cccc(-c3nncn3[C@H](C)CBr)n2)o1. The van der Waals surface area contributed by atoms with E-state index in [1.54, 1.807) is 12.5 Å². The number of aryl methyl sites for hydroxylation is 1. The number of aromatic nitrogens is 5. The van der Waals surface area contributed by atoms with Crippen LogP contribution in [0, 0.1) is 6.92 Å². The lowest BCUT2D eigenvalue weighted by molar-refractivity contribution is 0.585. The second-order valence-electron chi connectivity index (χ2n) is 6.32. The molecule has 0 radical (unpaired) electrons. The highest BCUT2D eigenvalue weighted by molar-refractivity contribution is 9.09. The molecule has 0 aliphatic rings. The van der Waals surface area contributed by atoms with Gasteiger partial charge in [0.25, 0.3) is 0 Å². The Morgan fingerprint density at radius 1 is 1.11 bits per heavy atom. The normalized spacial score (nSPS) is 12.3. The molecule has 0 N–H and O–H groups in total. The van der Waals surface area contributed by atoms with Crippen molar-refractivity contribution in [3.05, 3.63) is 60.6 Å². The van der Waals surface area contributed by atoms with E-state index in [1.807, 2.05) is 54.0 Å². The zero-order chi connectivity index (χ0) is 18.8. The molecule has 1 aromatic carbocycles. The van der Waals surface area contributed by atoms with Gasteiger partial charge in [-0.2, -0.15) is 0 Å². The van der Waals surface area contributed by atoms with E-state index >= 15 is 0 Å². The van der Waals surface area contributed by atoms with Gasteiger partial charge in [-0.25, -0.2) is 9.97 Å². The summed E-state index contributed by atoms with van der Waals surface area (Å²) in [6.07, 6.45) is 3.46. The van der Waals surface area contributed by atoms with Crippen LogP contribution in [-0.4, -0.2) is 30.1 Å². The van der Waals surface area contributed by atoms with Gasteiger partial charge in [-0.3, -0.25) is 0 Å². The van der Waals surface area contributed by atoms with Crippen molar-refractivity contribution in [2.75, 3.05) is 5.33 Å². The second-order valence-corrected chi connectivity index (χ2v) is 6.97. The van der Waals surface area contributed by atoms with Crippen molar-refractivity contribution in [2.24, 2.45) is 0 Å². The summed E-state index contributed by atoms with van der Waals surface area (Å²) in [6, 6.07) is 14.0. The lowest BCUT2D eigenvalue weighted by atomic mass is 10.1. The lowest BCUT2D eigenvalue weighted by Crippen LogP contribution is -2.07. The Bertz CT molecular complexity index is 1070. The van der Waals surface area contributed by atoms with Gasteiger partial charge in [0.05, 0.1) is 6.20 Å². The van der Waals surface area contributed by atoms with Crippen molar-refractivity contribution in [1.82, 2.24) is 24.7 Å². The van der Waals surface area contributed by atoms with Crippen LogP contribution in [0.2, 0.25) is 0 Å². The molecule has 1 atom stereocenters. The Morgan fingerprint density at radius 2 is 1.93 bits per heavy atom. The fourth-order valence-electron chi connectivity index (χ4n) is 2.87. The van der Waals surface area contributed by atoms with Crippen molar-refractivity contribution >= 4 is 15.9 Å². The Morgan fingerprint density at radius 3 is 2.74 bits per heavy atom. The third-order valence-corrected chi connectivity index (χ3v) is 5.32.